The minimum atomic E-state index is 0.0625. The molecule has 0 aliphatic rings. The number of quaternary nitrogens is 1. The fourth-order valence-corrected chi connectivity index (χ4v) is 3.33. The molecule has 2 atom stereocenters. The van der Waals surface area contributed by atoms with Crippen molar-refractivity contribution in [1.29, 1.82) is 0 Å². The van der Waals surface area contributed by atoms with E-state index in [0.717, 1.165) is 15.5 Å². The van der Waals surface area contributed by atoms with Crippen LogP contribution in [0.5, 0.6) is 0 Å². The highest BCUT2D eigenvalue weighted by molar-refractivity contribution is 7.13. The first-order valence-electron chi connectivity index (χ1n) is 7.12. The quantitative estimate of drug-likeness (QED) is 0.771. The second-order valence-corrected chi connectivity index (χ2v) is 6.57. The van der Waals surface area contributed by atoms with Gasteiger partial charge in [0.25, 0.3) is 11.8 Å². The zero-order valence-corrected chi connectivity index (χ0v) is 13.9. The van der Waals surface area contributed by atoms with Gasteiger partial charge in [0.15, 0.2) is 6.04 Å². The number of aromatic nitrogens is 2. The first-order chi connectivity index (χ1) is 10.6. The van der Waals surface area contributed by atoms with Crippen molar-refractivity contribution < 1.29 is 9.73 Å². The lowest BCUT2D eigenvalue weighted by Gasteiger charge is -2.15. The van der Waals surface area contributed by atoms with Crippen molar-refractivity contribution >= 4 is 22.9 Å². The molecule has 0 aliphatic heterocycles. The summed E-state index contributed by atoms with van der Waals surface area (Å²) >= 11 is 7.84. The predicted molar refractivity (Wildman–Crippen MR) is 87.8 cm³/mol. The summed E-state index contributed by atoms with van der Waals surface area (Å²) < 4.78 is 5.78. The van der Waals surface area contributed by atoms with Crippen LogP contribution < -0.4 is 5.32 Å². The normalized spacial score (nSPS) is 14.0. The summed E-state index contributed by atoms with van der Waals surface area (Å²) in [6.45, 7) is 4.17. The molecule has 3 rings (SSSR count). The predicted octanol–water partition coefficient (Wildman–Crippen LogP) is 3.84. The lowest BCUT2D eigenvalue weighted by Crippen LogP contribution is -2.85. The smallest absolute Gasteiger partial charge is 0.274 e. The van der Waals surface area contributed by atoms with Gasteiger partial charge in [0, 0.05) is 10.6 Å². The molecule has 0 amide bonds. The molecule has 0 spiro atoms. The molecular formula is C16H17ClN3OS+. The van der Waals surface area contributed by atoms with Crippen LogP contribution in [0.3, 0.4) is 0 Å². The van der Waals surface area contributed by atoms with Crippen LogP contribution in [0.1, 0.15) is 37.4 Å². The van der Waals surface area contributed by atoms with Crippen LogP contribution in [0.25, 0.3) is 10.8 Å². The van der Waals surface area contributed by atoms with Crippen LogP contribution in [-0.2, 0) is 0 Å². The molecule has 0 unspecified atom stereocenters. The number of hydrogen-bond donors (Lipinski definition) is 1. The number of hydrogen-bond acceptors (Lipinski definition) is 4. The monoisotopic (exact) mass is 334 g/mol. The van der Waals surface area contributed by atoms with Gasteiger partial charge in [-0.05, 0) is 31.4 Å². The summed E-state index contributed by atoms with van der Waals surface area (Å²) in [5.74, 6) is 1.21. The van der Waals surface area contributed by atoms with Crippen molar-refractivity contribution in [1.82, 2.24) is 10.2 Å². The van der Waals surface area contributed by atoms with E-state index in [9.17, 15) is 0 Å². The van der Waals surface area contributed by atoms with Gasteiger partial charge in [0.2, 0.25) is 0 Å². The molecular weight excluding hydrogens is 318 g/mol. The molecule has 6 heteroatoms. The minimum absolute atomic E-state index is 0.0625. The van der Waals surface area contributed by atoms with Gasteiger partial charge in [-0.25, -0.2) is 0 Å². The van der Waals surface area contributed by atoms with Gasteiger partial charge in [0.1, 0.15) is 6.04 Å². The third-order valence-electron chi connectivity index (χ3n) is 3.54. The van der Waals surface area contributed by atoms with Crippen molar-refractivity contribution in [2.75, 3.05) is 0 Å². The molecule has 2 N–H and O–H groups in total. The van der Waals surface area contributed by atoms with Gasteiger partial charge < -0.3 is 9.73 Å². The van der Waals surface area contributed by atoms with Gasteiger partial charge in [-0.2, -0.15) is 0 Å². The van der Waals surface area contributed by atoms with Crippen LogP contribution >= 0.6 is 22.9 Å². The molecule has 0 fully saturated rings. The van der Waals surface area contributed by atoms with E-state index in [1.54, 1.807) is 11.3 Å². The van der Waals surface area contributed by atoms with Crippen molar-refractivity contribution in [3.05, 3.63) is 58.3 Å². The number of benzene rings is 1. The van der Waals surface area contributed by atoms with Crippen molar-refractivity contribution in [3.63, 3.8) is 0 Å². The van der Waals surface area contributed by atoms with Crippen LogP contribution in [0.15, 0.2) is 46.2 Å². The topological polar surface area (TPSA) is 55.5 Å². The molecule has 114 valence electrons. The lowest BCUT2D eigenvalue weighted by atomic mass is 10.1. The molecule has 0 radical (unpaired) electrons. The van der Waals surface area contributed by atoms with E-state index in [1.807, 2.05) is 41.8 Å². The summed E-state index contributed by atoms with van der Waals surface area (Å²) in [4.78, 5) is 0.991. The first kappa shape index (κ1) is 15.2. The summed E-state index contributed by atoms with van der Waals surface area (Å²) in [5, 5.41) is 13.2. The van der Waals surface area contributed by atoms with Crippen LogP contribution in [0, 0.1) is 0 Å². The molecule has 2 heterocycles. The zero-order chi connectivity index (χ0) is 15.5. The van der Waals surface area contributed by atoms with Gasteiger partial charge in [0.05, 0.1) is 4.88 Å². The number of rotatable bonds is 5. The standard InChI is InChI=1S/C16H16ClN3OS/c1-10(12-6-3-4-7-13(12)17)18-11(2)15-19-20-16(21-15)14-8-5-9-22-14/h3-11,18H,1-2H3/p+1/t10-,11-/m1/s1. The average molecular weight is 335 g/mol. The molecule has 0 saturated carbocycles. The Kier molecular flexibility index (Phi) is 4.57. The van der Waals surface area contributed by atoms with Crippen molar-refractivity contribution in [2.24, 2.45) is 0 Å². The van der Waals surface area contributed by atoms with Crippen molar-refractivity contribution in [3.8, 4) is 10.8 Å². The molecule has 4 nitrogen and oxygen atoms in total. The maximum Gasteiger partial charge on any atom is 0.274 e. The van der Waals surface area contributed by atoms with Crippen molar-refractivity contribution in [2.45, 2.75) is 25.9 Å². The fraction of sp³-hybridized carbons (Fsp3) is 0.250. The summed E-state index contributed by atoms with van der Waals surface area (Å²) in [5.41, 5.74) is 1.11. The van der Waals surface area contributed by atoms with Crippen LogP contribution in [-0.4, -0.2) is 10.2 Å². The van der Waals surface area contributed by atoms with Gasteiger partial charge in [-0.15, -0.1) is 21.5 Å². The van der Waals surface area contributed by atoms with E-state index in [0.29, 0.717) is 11.8 Å². The number of nitrogens with zero attached hydrogens (tertiary/aromatic N) is 2. The largest absolute Gasteiger partial charge is 0.414 e. The third kappa shape index (κ3) is 3.21. The summed E-state index contributed by atoms with van der Waals surface area (Å²) in [7, 11) is 0. The Morgan fingerprint density at radius 3 is 2.64 bits per heavy atom. The van der Waals surface area contributed by atoms with E-state index >= 15 is 0 Å². The second-order valence-electron chi connectivity index (χ2n) is 5.21. The summed E-state index contributed by atoms with van der Waals surface area (Å²) in [6.07, 6.45) is 0. The Hall–Kier alpha value is -1.69. The fourth-order valence-electron chi connectivity index (χ4n) is 2.38. The molecule has 0 saturated heterocycles. The number of nitrogens with two attached hydrogens (primary N) is 1. The van der Waals surface area contributed by atoms with E-state index < -0.39 is 0 Å². The van der Waals surface area contributed by atoms with Gasteiger partial charge in [-0.1, -0.05) is 35.9 Å². The second kappa shape index (κ2) is 6.60. The molecule has 1 aromatic carbocycles. The summed E-state index contributed by atoms with van der Waals surface area (Å²) in [6, 6.07) is 12.1. The van der Waals surface area contributed by atoms with E-state index in [1.165, 1.54) is 0 Å². The third-order valence-corrected chi connectivity index (χ3v) is 4.74. The Morgan fingerprint density at radius 1 is 1.09 bits per heavy atom. The minimum Gasteiger partial charge on any atom is -0.414 e. The molecule has 3 aromatic rings. The van der Waals surface area contributed by atoms with E-state index in [-0.39, 0.29) is 12.1 Å². The SMILES string of the molecule is C[C@@H]([NH2+][C@H](C)c1ccccc1Cl)c1nnc(-c2cccs2)o1. The first-order valence-corrected chi connectivity index (χ1v) is 8.37. The Morgan fingerprint density at radius 2 is 1.91 bits per heavy atom. The zero-order valence-electron chi connectivity index (χ0n) is 12.4. The Labute approximate surface area is 138 Å². The molecule has 2 aromatic heterocycles. The maximum absolute atomic E-state index is 6.25. The van der Waals surface area contributed by atoms with Crippen LogP contribution in [0.4, 0.5) is 0 Å². The van der Waals surface area contributed by atoms with Crippen LogP contribution in [0.2, 0.25) is 5.02 Å². The Balaban J connectivity index is 1.72. The maximum atomic E-state index is 6.25. The highest BCUT2D eigenvalue weighted by Crippen LogP contribution is 2.25. The highest BCUT2D eigenvalue weighted by atomic mass is 35.5. The average Bonchev–Trinajstić information content (AvgIpc) is 3.18. The van der Waals surface area contributed by atoms with Gasteiger partial charge >= 0.3 is 0 Å². The molecule has 0 aliphatic carbocycles. The number of thiophene rings is 1. The highest BCUT2D eigenvalue weighted by Gasteiger charge is 2.22. The Bertz CT molecular complexity index is 741. The molecule has 0 bridgehead atoms. The van der Waals surface area contributed by atoms with Gasteiger partial charge in [-0.3, -0.25) is 0 Å². The van der Waals surface area contributed by atoms with E-state index in [2.05, 4.69) is 29.4 Å². The molecule has 22 heavy (non-hydrogen) atoms. The number of halogens is 1. The lowest BCUT2D eigenvalue weighted by molar-refractivity contribution is -0.730. The van der Waals surface area contributed by atoms with E-state index in [4.69, 9.17) is 16.0 Å².